The number of anilines is 2. The van der Waals surface area contributed by atoms with Crippen molar-refractivity contribution >= 4 is 28.4 Å². The molecule has 3 aromatic rings. The number of oxazole rings is 1. The first-order valence-electron chi connectivity index (χ1n) is 6.99. The lowest BCUT2D eigenvalue weighted by atomic mass is 10.1. The van der Waals surface area contributed by atoms with Gasteiger partial charge in [-0.2, -0.15) is 0 Å². The number of rotatable bonds is 3. The van der Waals surface area contributed by atoms with Crippen LogP contribution in [0.3, 0.4) is 0 Å². The number of nitrogens with one attached hydrogen (secondary N) is 1. The summed E-state index contributed by atoms with van der Waals surface area (Å²) < 4.78 is 5.48. The van der Waals surface area contributed by atoms with Gasteiger partial charge in [-0.1, -0.05) is 6.07 Å². The summed E-state index contributed by atoms with van der Waals surface area (Å²) in [6, 6.07) is 12.9. The Morgan fingerprint density at radius 2 is 2.00 bits per heavy atom. The summed E-state index contributed by atoms with van der Waals surface area (Å²) in [6.45, 7) is 1.80. The third-order valence-electron chi connectivity index (χ3n) is 3.38. The Morgan fingerprint density at radius 3 is 2.77 bits per heavy atom. The molecule has 0 bridgehead atoms. The highest BCUT2D eigenvalue weighted by atomic mass is 16.3. The second-order valence-electron chi connectivity index (χ2n) is 5.31. The van der Waals surface area contributed by atoms with E-state index >= 15 is 0 Å². The summed E-state index contributed by atoms with van der Waals surface area (Å²) in [7, 11) is 3.88. The fraction of sp³-hybridized carbons (Fsp3) is 0.176. The second-order valence-corrected chi connectivity index (χ2v) is 5.31. The van der Waals surface area contributed by atoms with Crippen molar-refractivity contribution in [2.45, 2.75) is 6.92 Å². The van der Waals surface area contributed by atoms with Crippen molar-refractivity contribution in [3.8, 4) is 0 Å². The molecule has 22 heavy (non-hydrogen) atoms. The van der Waals surface area contributed by atoms with E-state index in [1.165, 1.54) is 0 Å². The predicted octanol–water partition coefficient (Wildman–Crippen LogP) is 3.45. The van der Waals surface area contributed by atoms with Gasteiger partial charge in [-0.05, 0) is 30.3 Å². The molecule has 0 aliphatic rings. The average molecular weight is 295 g/mol. The molecule has 0 saturated heterocycles. The number of hydrogen-bond donors (Lipinski definition) is 1. The van der Waals surface area contributed by atoms with Crippen LogP contribution in [0.5, 0.6) is 0 Å². The van der Waals surface area contributed by atoms with Gasteiger partial charge in [-0.25, -0.2) is 4.98 Å². The molecule has 0 fully saturated rings. The molecule has 112 valence electrons. The van der Waals surface area contributed by atoms with Gasteiger partial charge >= 0.3 is 0 Å². The van der Waals surface area contributed by atoms with Crippen LogP contribution in [0.4, 0.5) is 11.4 Å². The number of carbonyl (C=O) groups excluding carboxylic acids is 1. The summed E-state index contributed by atoms with van der Waals surface area (Å²) in [5, 5.41) is 2.88. The molecule has 0 saturated carbocycles. The molecule has 2 aromatic carbocycles. The van der Waals surface area contributed by atoms with Crippen LogP contribution in [-0.2, 0) is 0 Å². The van der Waals surface area contributed by atoms with E-state index in [2.05, 4.69) is 10.3 Å². The summed E-state index contributed by atoms with van der Waals surface area (Å²) in [5.74, 6) is 0.455. The van der Waals surface area contributed by atoms with Gasteiger partial charge in [0, 0.05) is 44.0 Å². The Bertz CT molecular complexity index is 837. The molecule has 0 aliphatic heterocycles. The molecule has 0 atom stereocenters. The zero-order valence-electron chi connectivity index (χ0n) is 12.8. The van der Waals surface area contributed by atoms with Crippen LogP contribution in [-0.4, -0.2) is 25.0 Å². The lowest BCUT2D eigenvalue weighted by molar-refractivity contribution is 0.102. The normalized spacial score (nSPS) is 10.7. The van der Waals surface area contributed by atoms with Gasteiger partial charge in [0.05, 0.1) is 0 Å². The fourth-order valence-electron chi connectivity index (χ4n) is 2.25. The molecule has 1 N–H and O–H groups in total. The lowest BCUT2D eigenvalue weighted by Gasteiger charge is -2.13. The monoisotopic (exact) mass is 295 g/mol. The Hall–Kier alpha value is -2.82. The molecule has 0 spiro atoms. The number of nitrogens with zero attached hydrogens (tertiary/aromatic N) is 2. The van der Waals surface area contributed by atoms with Gasteiger partial charge in [0.15, 0.2) is 11.5 Å². The number of hydrogen-bond acceptors (Lipinski definition) is 4. The van der Waals surface area contributed by atoms with E-state index in [-0.39, 0.29) is 5.91 Å². The Morgan fingerprint density at radius 1 is 1.18 bits per heavy atom. The second kappa shape index (κ2) is 5.52. The minimum Gasteiger partial charge on any atom is -0.441 e. The van der Waals surface area contributed by atoms with Crippen molar-refractivity contribution in [3.63, 3.8) is 0 Å². The highest BCUT2D eigenvalue weighted by Gasteiger charge is 2.09. The third-order valence-corrected chi connectivity index (χ3v) is 3.38. The number of benzene rings is 2. The van der Waals surface area contributed by atoms with Gasteiger partial charge < -0.3 is 14.6 Å². The molecule has 0 unspecified atom stereocenters. The van der Waals surface area contributed by atoms with Crippen LogP contribution >= 0.6 is 0 Å². The van der Waals surface area contributed by atoms with Crippen LogP contribution in [0, 0.1) is 6.92 Å². The first kappa shape index (κ1) is 14.1. The van der Waals surface area contributed by atoms with E-state index in [1.54, 1.807) is 19.1 Å². The van der Waals surface area contributed by atoms with Crippen LogP contribution in [0.2, 0.25) is 0 Å². The lowest BCUT2D eigenvalue weighted by Crippen LogP contribution is -2.14. The van der Waals surface area contributed by atoms with Crippen molar-refractivity contribution in [3.05, 3.63) is 53.9 Å². The Balaban J connectivity index is 1.84. The zero-order chi connectivity index (χ0) is 15.7. The molecule has 5 nitrogen and oxygen atoms in total. The zero-order valence-corrected chi connectivity index (χ0v) is 12.8. The summed E-state index contributed by atoms with van der Waals surface area (Å²) in [6.07, 6.45) is 0. The minimum atomic E-state index is -0.153. The number of aromatic nitrogens is 1. The van der Waals surface area contributed by atoms with Crippen LogP contribution in [0.1, 0.15) is 16.2 Å². The number of fused-ring (bicyclic) bond motifs is 1. The van der Waals surface area contributed by atoms with Crippen LogP contribution in [0.25, 0.3) is 11.1 Å². The van der Waals surface area contributed by atoms with Gasteiger partial charge in [0.25, 0.3) is 5.91 Å². The SMILES string of the molecule is Cc1nc2ccc(NC(=O)c3cccc(N(C)C)c3)cc2o1. The minimum absolute atomic E-state index is 0.153. The van der Waals surface area contributed by atoms with E-state index in [0.29, 0.717) is 22.7 Å². The van der Waals surface area contributed by atoms with Gasteiger partial charge in [-0.15, -0.1) is 0 Å². The summed E-state index contributed by atoms with van der Waals surface area (Å²) >= 11 is 0. The van der Waals surface area contributed by atoms with Crippen molar-refractivity contribution in [2.24, 2.45) is 0 Å². The maximum Gasteiger partial charge on any atom is 0.255 e. The molecule has 5 heteroatoms. The highest BCUT2D eigenvalue weighted by molar-refractivity contribution is 6.05. The molecule has 1 heterocycles. The maximum absolute atomic E-state index is 12.4. The summed E-state index contributed by atoms with van der Waals surface area (Å²) in [5.41, 5.74) is 3.72. The molecule has 1 amide bonds. The van der Waals surface area contributed by atoms with Crippen LogP contribution in [0.15, 0.2) is 46.9 Å². The van der Waals surface area contributed by atoms with Gasteiger partial charge in [-0.3, -0.25) is 4.79 Å². The molecule has 0 radical (unpaired) electrons. The van der Waals surface area contributed by atoms with Gasteiger partial charge in [0.2, 0.25) is 0 Å². The van der Waals surface area contributed by atoms with Crippen molar-refractivity contribution in [1.82, 2.24) is 4.98 Å². The number of carbonyl (C=O) groups is 1. The summed E-state index contributed by atoms with van der Waals surface area (Å²) in [4.78, 5) is 18.6. The van der Waals surface area contributed by atoms with E-state index in [0.717, 1.165) is 11.2 Å². The topological polar surface area (TPSA) is 58.4 Å². The van der Waals surface area contributed by atoms with E-state index in [1.807, 2.05) is 49.3 Å². The Kier molecular flexibility index (Phi) is 3.55. The van der Waals surface area contributed by atoms with Gasteiger partial charge in [0.1, 0.15) is 5.52 Å². The quantitative estimate of drug-likeness (QED) is 0.804. The van der Waals surface area contributed by atoms with Crippen LogP contribution < -0.4 is 10.2 Å². The van der Waals surface area contributed by atoms with E-state index in [4.69, 9.17) is 4.42 Å². The first-order chi connectivity index (χ1) is 10.5. The Labute approximate surface area is 128 Å². The van der Waals surface area contributed by atoms with E-state index in [9.17, 15) is 4.79 Å². The average Bonchev–Trinajstić information content (AvgIpc) is 2.86. The molecule has 1 aromatic heterocycles. The molecular formula is C17H17N3O2. The maximum atomic E-state index is 12.4. The smallest absolute Gasteiger partial charge is 0.255 e. The first-order valence-corrected chi connectivity index (χ1v) is 6.99. The molecular weight excluding hydrogens is 278 g/mol. The largest absolute Gasteiger partial charge is 0.441 e. The van der Waals surface area contributed by atoms with Crippen molar-refractivity contribution < 1.29 is 9.21 Å². The third kappa shape index (κ3) is 2.79. The predicted molar refractivity (Wildman–Crippen MR) is 87.5 cm³/mol. The van der Waals surface area contributed by atoms with Crippen molar-refractivity contribution in [1.29, 1.82) is 0 Å². The number of aryl methyl sites for hydroxylation is 1. The highest BCUT2D eigenvalue weighted by Crippen LogP contribution is 2.21. The standard InChI is InChI=1S/C17H17N3O2/c1-11-18-15-8-7-13(10-16(15)22-11)19-17(21)12-5-4-6-14(9-12)20(2)3/h4-10H,1-3H3,(H,19,21). The molecule has 0 aliphatic carbocycles. The molecule has 3 rings (SSSR count). The van der Waals surface area contributed by atoms with E-state index < -0.39 is 0 Å². The van der Waals surface area contributed by atoms with Crippen molar-refractivity contribution in [2.75, 3.05) is 24.3 Å². The number of amides is 1. The fourth-order valence-corrected chi connectivity index (χ4v) is 2.25.